The van der Waals surface area contributed by atoms with Gasteiger partial charge in [-0.25, -0.2) is 23.1 Å². The minimum atomic E-state index is -2.84. The topological polar surface area (TPSA) is 157 Å². The number of rotatable bonds is 9. The van der Waals surface area contributed by atoms with Crippen molar-refractivity contribution in [2.75, 3.05) is 42.9 Å². The summed E-state index contributed by atoms with van der Waals surface area (Å²) < 4.78 is 34.2. The maximum atomic E-state index is 14.0. The van der Waals surface area contributed by atoms with Crippen molar-refractivity contribution < 1.29 is 23.2 Å². The number of piperidine rings is 1. The summed E-state index contributed by atoms with van der Waals surface area (Å²) in [5.41, 5.74) is 2.21. The third-order valence-electron chi connectivity index (χ3n) is 11.1. The number of nitrogens with one attached hydrogen (secondary N) is 2. The van der Waals surface area contributed by atoms with Gasteiger partial charge in [-0.15, -0.1) is 0 Å². The minimum Gasteiger partial charge on any atom is -0.367 e. The molecule has 4 aromatic heterocycles. The molecular formula is C36H41F2N11O4. The van der Waals surface area contributed by atoms with Gasteiger partial charge in [0.05, 0.1) is 34.6 Å². The van der Waals surface area contributed by atoms with Gasteiger partial charge in [-0.05, 0) is 69.2 Å². The van der Waals surface area contributed by atoms with Crippen LogP contribution in [0.3, 0.4) is 0 Å². The van der Waals surface area contributed by atoms with E-state index in [0.29, 0.717) is 23.5 Å². The Hall–Kier alpha value is -5.45. The van der Waals surface area contributed by atoms with E-state index in [1.54, 1.807) is 28.6 Å². The van der Waals surface area contributed by atoms with Crippen molar-refractivity contribution >= 4 is 45.8 Å². The van der Waals surface area contributed by atoms with E-state index in [1.807, 2.05) is 18.2 Å². The molecule has 2 aliphatic heterocycles. The van der Waals surface area contributed by atoms with Crippen molar-refractivity contribution in [1.82, 2.24) is 43.7 Å². The monoisotopic (exact) mass is 729 g/mol. The number of fused-ring (bicyclic) bond motifs is 2. The van der Waals surface area contributed by atoms with E-state index in [0.717, 1.165) is 76.0 Å². The molecule has 2 N–H and O–H groups in total. The maximum Gasteiger partial charge on any atom is 0.329 e. The summed E-state index contributed by atoms with van der Waals surface area (Å²) >= 11 is 0. The molecule has 1 atom stereocenters. The number of halogens is 2. The third-order valence-corrected chi connectivity index (χ3v) is 11.1. The Morgan fingerprint density at radius 2 is 1.83 bits per heavy atom. The van der Waals surface area contributed by atoms with E-state index in [1.165, 1.54) is 27.7 Å². The molecule has 1 saturated carbocycles. The van der Waals surface area contributed by atoms with Crippen LogP contribution in [0.1, 0.15) is 79.5 Å². The van der Waals surface area contributed by atoms with Crippen molar-refractivity contribution in [2.45, 2.75) is 63.5 Å². The number of benzene rings is 1. The zero-order valence-corrected chi connectivity index (χ0v) is 29.3. The molecule has 2 saturated heterocycles. The van der Waals surface area contributed by atoms with Crippen molar-refractivity contribution in [3.63, 3.8) is 0 Å². The molecule has 1 aromatic carbocycles. The van der Waals surface area contributed by atoms with Crippen LogP contribution in [0.5, 0.6) is 0 Å². The molecule has 0 bridgehead atoms. The first kappa shape index (κ1) is 34.6. The summed E-state index contributed by atoms with van der Waals surface area (Å²) in [7, 11) is 1.73. The smallest absolute Gasteiger partial charge is 0.329 e. The lowest BCUT2D eigenvalue weighted by Gasteiger charge is -2.37. The van der Waals surface area contributed by atoms with E-state index in [-0.39, 0.29) is 35.3 Å². The molecule has 0 radical (unpaired) electrons. The van der Waals surface area contributed by atoms with Crippen molar-refractivity contribution in [1.29, 1.82) is 0 Å². The van der Waals surface area contributed by atoms with E-state index in [9.17, 15) is 28.0 Å². The molecule has 6 heterocycles. The van der Waals surface area contributed by atoms with E-state index in [2.05, 4.69) is 35.6 Å². The number of alkyl halides is 2. The molecule has 15 nitrogen and oxygen atoms in total. The number of anilines is 2. The van der Waals surface area contributed by atoms with Crippen LogP contribution >= 0.6 is 0 Å². The van der Waals surface area contributed by atoms with Crippen LogP contribution in [0.4, 0.5) is 20.2 Å². The zero-order chi connectivity index (χ0) is 36.8. The SMILES string of the molecule is Cn1c(=O)n(C2CCC(=O)NC2=O)c2cccc(N3CCN(CCC4CCC(n5cc(NC(=O)c6cnn7cccnc67)c(C(F)F)n5)CC4)CC3)c21. The Kier molecular flexibility index (Phi) is 9.26. The molecule has 0 spiro atoms. The number of hydrogen-bond donors (Lipinski definition) is 2. The number of piperazine rings is 1. The quantitative estimate of drug-likeness (QED) is 0.216. The molecule has 3 aliphatic rings. The van der Waals surface area contributed by atoms with Gasteiger partial charge in [0, 0.05) is 58.2 Å². The summed E-state index contributed by atoms with van der Waals surface area (Å²) in [4.78, 5) is 59.7. The number of nitrogens with zero attached hydrogens (tertiary/aromatic N) is 9. The van der Waals surface area contributed by atoms with Gasteiger partial charge in [0.25, 0.3) is 12.3 Å². The Bertz CT molecular complexity index is 2240. The van der Waals surface area contributed by atoms with E-state index in [4.69, 9.17) is 0 Å². The molecule has 53 heavy (non-hydrogen) atoms. The Balaban J connectivity index is 0.850. The molecule has 8 rings (SSSR count). The lowest BCUT2D eigenvalue weighted by molar-refractivity contribution is -0.135. The summed E-state index contributed by atoms with van der Waals surface area (Å²) in [6, 6.07) is 6.72. The number of aromatic nitrogens is 7. The molecule has 17 heteroatoms. The lowest BCUT2D eigenvalue weighted by atomic mass is 9.84. The van der Waals surface area contributed by atoms with Gasteiger partial charge in [-0.3, -0.25) is 38.4 Å². The van der Waals surface area contributed by atoms with Crippen LogP contribution < -0.4 is 21.2 Å². The lowest BCUT2D eigenvalue weighted by Crippen LogP contribution is -2.47. The highest BCUT2D eigenvalue weighted by molar-refractivity contribution is 6.08. The predicted octanol–water partition coefficient (Wildman–Crippen LogP) is 3.69. The standard InChI is InChI=1S/C36H41F2N11O4/c1-44-31-26(4-2-5-27(31)49(36(44)53)28-10-11-29(50)42-35(28)52)46-18-16-45(17-19-46)15-12-22-6-8-23(9-7-22)48-21-25(30(43-48)32(37)38)41-34(51)24-20-40-47-14-3-13-39-33(24)47/h2-5,13-14,20-23,28,32H,6-12,15-19H2,1H3,(H,41,51)(H,42,50,52). The van der Waals surface area contributed by atoms with Gasteiger partial charge >= 0.3 is 5.69 Å². The van der Waals surface area contributed by atoms with Crippen LogP contribution in [-0.4, -0.2) is 88.9 Å². The van der Waals surface area contributed by atoms with Gasteiger partial charge in [-0.2, -0.15) is 10.2 Å². The summed E-state index contributed by atoms with van der Waals surface area (Å²) in [5.74, 6) is -0.814. The fourth-order valence-electron chi connectivity index (χ4n) is 8.21. The molecule has 5 aromatic rings. The van der Waals surface area contributed by atoms with Gasteiger partial charge in [0.1, 0.15) is 11.6 Å². The Morgan fingerprint density at radius 3 is 2.58 bits per heavy atom. The molecule has 3 fully saturated rings. The third kappa shape index (κ3) is 6.57. The fourth-order valence-corrected chi connectivity index (χ4v) is 8.21. The van der Waals surface area contributed by atoms with Crippen LogP contribution in [-0.2, 0) is 16.6 Å². The number of hydrogen-bond acceptors (Lipinski definition) is 9. The second-order valence-electron chi connectivity index (χ2n) is 14.2. The van der Waals surface area contributed by atoms with Gasteiger partial charge in [0.2, 0.25) is 11.8 Å². The number of carbonyl (C=O) groups is 3. The first-order valence-electron chi connectivity index (χ1n) is 18.1. The number of para-hydroxylation sites is 1. The molecular weight excluding hydrogens is 688 g/mol. The summed E-state index contributed by atoms with van der Waals surface area (Å²) in [6.45, 7) is 4.29. The van der Waals surface area contributed by atoms with Crippen molar-refractivity contribution in [3.05, 3.63) is 70.8 Å². The number of imide groups is 1. The summed E-state index contributed by atoms with van der Waals surface area (Å²) in [6.07, 6.45) is 8.32. The minimum absolute atomic E-state index is 0.00751. The zero-order valence-electron chi connectivity index (χ0n) is 29.3. The average molecular weight is 730 g/mol. The number of amides is 3. The molecule has 1 aliphatic carbocycles. The normalized spacial score (nSPS) is 21.5. The molecule has 278 valence electrons. The molecule has 1 unspecified atom stereocenters. The Morgan fingerprint density at radius 1 is 1.04 bits per heavy atom. The van der Waals surface area contributed by atoms with Gasteiger partial charge in [-0.1, -0.05) is 6.07 Å². The van der Waals surface area contributed by atoms with Crippen LogP contribution in [0.25, 0.3) is 16.7 Å². The largest absolute Gasteiger partial charge is 0.367 e. The fraction of sp³-hybridized carbons (Fsp3) is 0.472. The second kappa shape index (κ2) is 14.2. The van der Waals surface area contributed by atoms with Crippen LogP contribution in [0.2, 0.25) is 0 Å². The van der Waals surface area contributed by atoms with E-state index < -0.39 is 30.0 Å². The van der Waals surface area contributed by atoms with Crippen LogP contribution in [0.15, 0.2) is 53.8 Å². The summed E-state index contributed by atoms with van der Waals surface area (Å²) in [5, 5.41) is 13.3. The number of imidazole rings is 1. The van der Waals surface area contributed by atoms with Crippen molar-refractivity contribution in [2.24, 2.45) is 13.0 Å². The highest BCUT2D eigenvalue weighted by Gasteiger charge is 2.33. The highest BCUT2D eigenvalue weighted by Crippen LogP contribution is 2.37. The number of aryl methyl sites for hydroxylation is 1. The number of carbonyl (C=O) groups excluding carboxylic acids is 3. The Labute approximate surface area is 302 Å². The average Bonchev–Trinajstić information content (AvgIpc) is 3.86. The van der Waals surface area contributed by atoms with Crippen molar-refractivity contribution in [3.8, 4) is 0 Å². The van der Waals surface area contributed by atoms with Gasteiger partial charge < -0.3 is 10.2 Å². The first-order chi connectivity index (χ1) is 25.7. The van der Waals surface area contributed by atoms with Gasteiger partial charge in [0.15, 0.2) is 11.3 Å². The first-order valence-corrected chi connectivity index (χ1v) is 18.1. The second-order valence-corrected chi connectivity index (χ2v) is 14.2. The van der Waals surface area contributed by atoms with E-state index >= 15 is 0 Å². The predicted molar refractivity (Wildman–Crippen MR) is 191 cm³/mol. The molecule has 3 amide bonds. The highest BCUT2D eigenvalue weighted by atomic mass is 19.3. The van der Waals surface area contributed by atoms with Crippen LogP contribution in [0, 0.1) is 5.92 Å². The maximum absolute atomic E-state index is 14.0.